The van der Waals surface area contributed by atoms with E-state index in [1.54, 1.807) is 0 Å². The summed E-state index contributed by atoms with van der Waals surface area (Å²) in [6.45, 7) is 2.20. The second-order valence-corrected chi connectivity index (χ2v) is 4.07. The number of aryl methyl sites for hydroxylation is 2. The molecule has 15 heavy (non-hydrogen) atoms. The van der Waals surface area contributed by atoms with E-state index in [0.717, 1.165) is 19.3 Å². The largest absolute Gasteiger partial charge is 0.276 e. The smallest absolute Gasteiger partial charge is 0.0521 e. The third kappa shape index (κ3) is 4.44. The highest BCUT2D eigenvalue weighted by molar-refractivity contribution is 5.03. The van der Waals surface area contributed by atoms with Crippen LogP contribution < -0.4 is 11.3 Å². The molecule has 1 atom stereocenters. The number of hydrogen-bond donors (Lipinski definition) is 2. The van der Waals surface area contributed by atoms with E-state index in [9.17, 15) is 0 Å². The standard InChI is InChI=1S/C11H22N4/c1-3-4-5-11(14-12)7-6-10-8-13-15(2)9-10/h8-9,11,14H,3-7,12H2,1-2H3. The molecule has 86 valence electrons. The van der Waals surface area contributed by atoms with Gasteiger partial charge in [-0.3, -0.25) is 16.0 Å². The molecule has 3 N–H and O–H groups in total. The summed E-state index contributed by atoms with van der Waals surface area (Å²) in [5, 5.41) is 4.15. The van der Waals surface area contributed by atoms with Crippen LogP contribution in [-0.2, 0) is 13.5 Å². The van der Waals surface area contributed by atoms with Crippen LogP contribution in [0.4, 0.5) is 0 Å². The summed E-state index contributed by atoms with van der Waals surface area (Å²) >= 11 is 0. The molecule has 0 aliphatic carbocycles. The molecule has 0 amide bonds. The minimum absolute atomic E-state index is 0.435. The molecule has 1 heterocycles. The molecule has 1 aromatic heterocycles. The fourth-order valence-electron chi connectivity index (χ4n) is 1.70. The van der Waals surface area contributed by atoms with Crippen LogP contribution in [0, 0.1) is 0 Å². The molecule has 0 saturated carbocycles. The van der Waals surface area contributed by atoms with Crippen molar-refractivity contribution < 1.29 is 0 Å². The number of nitrogens with zero attached hydrogens (tertiary/aromatic N) is 2. The lowest BCUT2D eigenvalue weighted by molar-refractivity contribution is 0.449. The molecule has 4 heteroatoms. The predicted octanol–water partition coefficient (Wildman–Crippen LogP) is 1.37. The van der Waals surface area contributed by atoms with E-state index in [2.05, 4.69) is 23.6 Å². The fraction of sp³-hybridized carbons (Fsp3) is 0.727. The average Bonchev–Trinajstić information content (AvgIpc) is 2.65. The Kier molecular flexibility index (Phi) is 5.36. The molecule has 4 nitrogen and oxygen atoms in total. The van der Waals surface area contributed by atoms with E-state index < -0.39 is 0 Å². The van der Waals surface area contributed by atoms with Crippen molar-refractivity contribution >= 4 is 0 Å². The molecule has 0 aliphatic heterocycles. The van der Waals surface area contributed by atoms with Gasteiger partial charge in [0.05, 0.1) is 6.20 Å². The van der Waals surface area contributed by atoms with Crippen LogP contribution in [0.1, 0.15) is 38.2 Å². The first-order valence-corrected chi connectivity index (χ1v) is 5.70. The quantitative estimate of drug-likeness (QED) is 0.528. The van der Waals surface area contributed by atoms with Crippen molar-refractivity contribution in [1.29, 1.82) is 0 Å². The third-order valence-electron chi connectivity index (χ3n) is 2.68. The zero-order chi connectivity index (χ0) is 11.1. The van der Waals surface area contributed by atoms with Crippen molar-refractivity contribution in [2.75, 3.05) is 0 Å². The topological polar surface area (TPSA) is 55.9 Å². The fourth-order valence-corrected chi connectivity index (χ4v) is 1.70. The Bertz CT molecular complexity index is 269. The first kappa shape index (κ1) is 12.2. The van der Waals surface area contributed by atoms with Gasteiger partial charge in [0.2, 0.25) is 0 Å². The van der Waals surface area contributed by atoms with E-state index in [4.69, 9.17) is 5.84 Å². The number of hydrazine groups is 1. The molecule has 0 aliphatic rings. The van der Waals surface area contributed by atoms with Gasteiger partial charge in [0.1, 0.15) is 0 Å². The number of rotatable bonds is 7. The molecule has 1 rings (SSSR count). The lowest BCUT2D eigenvalue weighted by Gasteiger charge is -2.14. The maximum atomic E-state index is 5.51. The molecule has 0 aromatic carbocycles. The lowest BCUT2D eigenvalue weighted by atomic mass is 10.0. The molecule has 0 radical (unpaired) electrons. The highest BCUT2D eigenvalue weighted by atomic mass is 15.2. The summed E-state index contributed by atoms with van der Waals surface area (Å²) in [6, 6.07) is 0.435. The Morgan fingerprint density at radius 1 is 1.53 bits per heavy atom. The average molecular weight is 210 g/mol. The minimum atomic E-state index is 0.435. The number of hydrogen-bond acceptors (Lipinski definition) is 3. The van der Waals surface area contributed by atoms with Gasteiger partial charge in [0, 0.05) is 19.3 Å². The molecule has 0 fully saturated rings. The molecule has 0 bridgehead atoms. The van der Waals surface area contributed by atoms with Gasteiger partial charge in [-0.2, -0.15) is 5.10 Å². The van der Waals surface area contributed by atoms with Crippen molar-refractivity contribution in [2.45, 2.75) is 45.1 Å². The predicted molar refractivity (Wildman–Crippen MR) is 62.2 cm³/mol. The Morgan fingerprint density at radius 3 is 2.87 bits per heavy atom. The van der Waals surface area contributed by atoms with Crippen molar-refractivity contribution in [1.82, 2.24) is 15.2 Å². The number of nitrogens with two attached hydrogens (primary N) is 1. The first-order chi connectivity index (χ1) is 7.26. The molecule has 0 saturated heterocycles. The lowest BCUT2D eigenvalue weighted by Crippen LogP contribution is -2.35. The van der Waals surface area contributed by atoms with Gasteiger partial charge in [-0.25, -0.2) is 0 Å². The second kappa shape index (κ2) is 6.58. The van der Waals surface area contributed by atoms with Crippen LogP contribution in [-0.4, -0.2) is 15.8 Å². The van der Waals surface area contributed by atoms with Crippen LogP contribution >= 0.6 is 0 Å². The minimum Gasteiger partial charge on any atom is -0.276 e. The van der Waals surface area contributed by atoms with Crippen LogP contribution in [0.3, 0.4) is 0 Å². The third-order valence-corrected chi connectivity index (χ3v) is 2.68. The van der Waals surface area contributed by atoms with Crippen molar-refractivity contribution in [2.24, 2.45) is 12.9 Å². The van der Waals surface area contributed by atoms with E-state index >= 15 is 0 Å². The maximum absolute atomic E-state index is 5.51. The Balaban J connectivity index is 2.27. The number of nitrogens with one attached hydrogen (secondary N) is 1. The van der Waals surface area contributed by atoms with Crippen LogP contribution in [0.15, 0.2) is 12.4 Å². The van der Waals surface area contributed by atoms with E-state index in [0.29, 0.717) is 6.04 Å². The van der Waals surface area contributed by atoms with Gasteiger partial charge in [-0.1, -0.05) is 19.8 Å². The molecule has 1 unspecified atom stereocenters. The van der Waals surface area contributed by atoms with Gasteiger partial charge in [0.25, 0.3) is 0 Å². The summed E-state index contributed by atoms with van der Waals surface area (Å²) in [5.74, 6) is 5.51. The van der Waals surface area contributed by atoms with Crippen molar-refractivity contribution in [3.8, 4) is 0 Å². The highest BCUT2D eigenvalue weighted by Crippen LogP contribution is 2.08. The van der Waals surface area contributed by atoms with E-state index in [1.165, 1.54) is 18.4 Å². The first-order valence-electron chi connectivity index (χ1n) is 5.70. The van der Waals surface area contributed by atoms with Crippen LogP contribution in [0.25, 0.3) is 0 Å². The summed E-state index contributed by atoms with van der Waals surface area (Å²) < 4.78 is 1.84. The summed E-state index contributed by atoms with van der Waals surface area (Å²) in [5.41, 5.74) is 4.17. The van der Waals surface area contributed by atoms with Gasteiger partial charge >= 0.3 is 0 Å². The normalized spacial score (nSPS) is 13.0. The van der Waals surface area contributed by atoms with Gasteiger partial charge in [-0.05, 0) is 24.8 Å². The van der Waals surface area contributed by atoms with E-state index in [-0.39, 0.29) is 0 Å². The highest BCUT2D eigenvalue weighted by Gasteiger charge is 2.06. The zero-order valence-electron chi connectivity index (χ0n) is 9.74. The number of unbranched alkanes of at least 4 members (excludes halogenated alkanes) is 1. The van der Waals surface area contributed by atoms with Gasteiger partial charge < -0.3 is 0 Å². The Hall–Kier alpha value is -0.870. The summed E-state index contributed by atoms with van der Waals surface area (Å²) in [6.07, 6.45) is 9.75. The molecular formula is C11H22N4. The van der Waals surface area contributed by atoms with Crippen LogP contribution in [0.5, 0.6) is 0 Å². The van der Waals surface area contributed by atoms with Crippen molar-refractivity contribution in [3.05, 3.63) is 18.0 Å². The monoisotopic (exact) mass is 210 g/mol. The van der Waals surface area contributed by atoms with Crippen LogP contribution in [0.2, 0.25) is 0 Å². The van der Waals surface area contributed by atoms with Gasteiger partial charge in [0.15, 0.2) is 0 Å². The second-order valence-electron chi connectivity index (χ2n) is 4.07. The number of aromatic nitrogens is 2. The molecule has 0 spiro atoms. The van der Waals surface area contributed by atoms with Gasteiger partial charge in [-0.15, -0.1) is 0 Å². The van der Waals surface area contributed by atoms with E-state index in [1.807, 2.05) is 17.9 Å². The SMILES string of the molecule is CCCCC(CCc1cnn(C)c1)NN. The maximum Gasteiger partial charge on any atom is 0.0521 e. The Labute approximate surface area is 91.8 Å². The zero-order valence-corrected chi connectivity index (χ0v) is 9.74. The Morgan fingerprint density at radius 2 is 2.33 bits per heavy atom. The molecule has 1 aromatic rings. The molecular weight excluding hydrogens is 188 g/mol. The van der Waals surface area contributed by atoms with Crippen molar-refractivity contribution in [3.63, 3.8) is 0 Å². The summed E-state index contributed by atoms with van der Waals surface area (Å²) in [4.78, 5) is 0. The summed E-state index contributed by atoms with van der Waals surface area (Å²) in [7, 11) is 1.94.